The van der Waals surface area contributed by atoms with Crippen molar-refractivity contribution in [1.82, 2.24) is 24.1 Å². The first-order valence-corrected chi connectivity index (χ1v) is 12.1. The third-order valence-electron chi connectivity index (χ3n) is 5.10. The highest BCUT2D eigenvalue weighted by Crippen LogP contribution is 2.32. The average Bonchev–Trinajstić information content (AvgIpc) is 3.08. The smallest absolute Gasteiger partial charge is 0.277 e. The van der Waals surface area contributed by atoms with Gasteiger partial charge < -0.3 is 14.8 Å². The third-order valence-corrected chi connectivity index (χ3v) is 7.07. The molecule has 0 aliphatic heterocycles. The molecule has 3 aromatic rings. The minimum Gasteiger partial charge on any atom is -0.493 e. The van der Waals surface area contributed by atoms with Gasteiger partial charge in [0.05, 0.1) is 29.4 Å². The number of nitrogens with one attached hydrogen (secondary N) is 1. The number of hydrogen-bond acceptors (Lipinski definition) is 7. The molecule has 0 saturated carbocycles. The maximum Gasteiger partial charge on any atom is 0.277 e. The van der Waals surface area contributed by atoms with Crippen molar-refractivity contribution >= 4 is 21.1 Å². The summed E-state index contributed by atoms with van der Waals surface area (Å²) >= 11 is 0. The molecule has 0 radical (unpaired) electrons. The molecular formula is C21H29N5O5S. The molecule has 3 rings (SSSR count). The number of nitrogens with zero attached hydrogens (tertiary/aromatic N) is 4. The Bertz CT molecular complexity index is 1270. The molecule has 0 fully saturated rings. The van der Waals surface area contributed by atoms with Gasteiger partial charge in [0.25, 0.3) is 5.56 Å². The summed E-state index contributed by atoms with van der Waals surface area (Å²) in [7, 11) is -2.17. The van der Waals surface area contributed by atoms with Gasteiger partial charge in [0.15, 0.2) is 5.52 Å². The average molecular weight is 464 g/mol. The van der Waals surface area contributed by atoms with Gasteiger partial charge >= 0.3 is 0 Å². The van der Waals surface area contributed by atoms with Crippen LogP contribution in [0.1, 0.15) is 32.9 Å². The van der Waals surface area contributed by atoms with Crippen molar-refractivity contribution in [3.63, 3.8) is 0 Å². The van der Waals surface area contributed by atoms with E-state index in [1.54, 1.807) is 20.0 Å². The van der Waals surface area contributed by atoms with Gasteiger partial charge in [-0.1, -0.05) is 20.3 Å². The highest BCUT2D eigenvalue weighted by atomic mass is 32.2. The highest BCUT2D eigenvalue weighted by Gasteiger charge is 2.25. The van der Waals surface area contributed by atoms with E-state index in [4.69, 9.17) is 4.74 Å². The van der Waals surface area contributed by atoms with Crippen molar-refractivity contribution in [3.05, 3.63) is 34.2 Å². The lowest BCUT2D eigenvalue weighted by Crippen LogP contribution is -2.33. The summed E-state index contributed by atoms with van der Waals surface area (Å²) in [5.41, 5.74) is 1.55. The monoisotopic (exact) mass is 463 g/mol. The molecule has 10 nitrogen and oxygen atoms in total. The quantitative estimate of drug-likeness (QED) is 0.468. The Hall–Kier alpha value is -2.76. The van der Waals surface area contributed by atoms with Crippen molar-refractivity contribution < 1.29 is 18.3 Å². The van der Waals surface area contributed by atoms with Crippen LogP contribution in [0.25, 0.3) is 22.4 Å². The predicted molar refractivity (Wildman–Crippen MR) is 121 cm³/mol. The van der Waals surface area contributed by atoms with Crippen LogP contribution < -0.4 is 10.3 Å². The first kappa shape index (κ1) is 23.9. The van der Waals surface area contributed by atoms with E-state index in [0.717, 1.165) is 6.42 Å². The van der Waals surface area contributed by atoms with E-state index in [9.17, 15) is 18.3 Å². The van der Waals surface area contributed by atoms with Crippen molar-refractivity contribution in [2.75, 3.05) is 26.3 Å². The number of rotatable bonds is 10. The number of aliphatic hydroxyl groups excluding tert-OH is 1. The fraction of sp³-hybridized carbons (Fsp3) is 0.476. The molecule has 1 aromatic carbocycles. The van der Waals surface area contributed by atoms with Crippen molar-refractivity contribution in [1.29, 1.82) is 0 Å². The molecule has 0 saturated heterocycles. The maximum absolute atomic E-state index is 13.1. The van der Waals surface area contributed by atoms with Crippen LogP contribution in [0.2, 0.25) is 0 Å². The van der Waals surface area contributed by atoms with Gasteiger partial charge in [0.2, 0.25) is 10.0 Å². The van der Waals surface area contributed by atoms with Crippen molar-refractivity contribution in [2.45, 2.75) is 38.5 Å². The van der Waals surface area contributed by atoms with Crippen LogP contribution in [0.15, 0.2) is 27.9 Å². The molecular weight excluding hydrogens is 434 g/mol. The Balaban J connectivity index is 2.24. The van der Waals surface area contributed by atoms with Crippen molar-refractivity contribution in [3.8, 4) is 17.1 Å². The Kier molecular flexibility index (Phi) is 7.32. The number of hydrogen-bond donors (Lipinski definition) is 2. The minimum absolute atomic E-state index is 0.0154. The lowest BCUT2D eigenvalue weighted by atomic mass is 10.1. The van der Waals surface area contributed by atoms with E-state index in [-0.39, 0.29) is 36.0 Å². The van der Waals surface area contributed by atoms with Gasteiger partial charge in [0, 0.05) is 20.1 Å². The standard InChI is InChI=1S/C21H29N5O5S/c1-5-8-16-18-19(25(4)24-16)21(28)23-20(22-18)15-13-14(9-10-17(15)31-7-3)32(29,30)26(6-2)11-12-27/h9-10,13,27H,5-8,11-12H2,1-4H3,(H,22,23,28). The third kappa shape index (κ3) is 4.41. The molecule has 0 aliphatic carbocycles. The molecule has 0 unspecified atom stereocenters. The molecule has 2 heterocycles. The largest absolute Gasteiger partial charge is 0.493 e. The van der Waals surface area contributed by atoms with Gasteiger partial charge in [-0.3, -0.25) is 9.48 Å². The molecule has 174 valence electrons. The maximum atomic E-state index is 13.1. The Labute approximate surface area is 186 Å². The summed E-state index contributed by atoms with van der Waals surface area (Å²) in [6, 6.07) is 4.45. The van der Waals surface area contributed by atoms with E-state index in [0.29, 0.717) is 41.1 Å². The van der Waals surface area contributed by atoms with E-state index >= 15 is 0 Å². The zero-order chi connectivity index (χ0) is 23.5. The van der Waals surface area contributed by atoms with Gasteiger partial charge in [-0.15, -0.1) is 0 Å². The minimum atomic E-state index is -3.86. The summed E-state index contributed by atoms with van der Waals surface area (Å²) in [5, 5.41) is 13.7. The number of aromatic amines is 1. The number of aromatic nitrogens is 4. The van der Waals surface area contributed by atoms with Crippen LogP contribution in [0.4, 0.5) is 0 Å². The summed E-state index contributed by atoms with van der Waals surface area (Å²) in [6.07, 6.45) is 1.50. The van der Waals surface area contributed by atoms with E-state index < -0.39 is 10.0 Å². The van der Waals surface area contributed by atoms with Gasteiger partial charge in [0.1, 0.15) is 17.1 Å². The van der Waals surface area contributed by atoms with E-state index in [1.165, 1.54) is 21.1 Å². The second-order valence-electron chi connectivity index (χ2n) is 7.24. The Morgan fingerprint density at radius 2 is 2.00 bits per heavy atom. The summed E-state index contributed by atoms with van der Waals surface area (Å²) in [4.78, 5) is 20.3. The first-order chi connectivity index (χ1) is 15.3. The molecule has 0 bridgehead atoms. The molecule has 2 N–H and O–H groups in total. The van der Waals surface area contributed by atoms with Crippen LogP contribution in [0.5, 0.6) is 5.75 Å². The first-order valence-electron chi connectivity index (χ1n) is 10.6. The number of aliphatic hydroxyl groups is 1. The lowest BCUT2D eigenvalue weighted by Gasteiger charge is -2.20. The van der Waals surface area contributed by atoms with E-state index in [1.807, 2.05) is 13.8 Å². The molecule has 11 heteroatoms. The molecule has 0 aliphatic rings. The highest BCUT2D eigenvalue weighted by molar-refractivity contribution is 7.89. The summed E-state index contributed by atoms with van der Waals surface area (Å²) in [5.74, 6) is 0.610. The number of benzene rings is 1. The predicted octanol–water partition coefficient (Wildman–Crippen LogP) is 1.68. The van der Waals surface area contributed by atoms with Crippen LogP contribution in [-0.2, 0) is 23.5 Å². The van der Waals surface area contributed by atoms with Gasteiger partial charge in [-0.2, -0.15) is 9.40 Å². The molecule has 0 amide bonds. The number of H-pyrrole nitrogens is 1. The fourth-order valence-corrected chi connectivity index (χ4v) is 5.09. The summed E-state index contributed by atoms with van der Waals surface area (Å²) in [6.45, 7) is 5.79. The molecule has 32 heavy (non-hydrogen) atoms. The van der Waals surface area contributed by atoms with Crippen LogP contribution in [-0.4, -0.2) is 63.9 Å². The number of ether oxygens (including phenoxy) is 1. The van der Waals surface area contributed by atoms with Crippen LogP contribution in [0.3, 0.4) is 0 Å². The van der Waals surface area contributed by atoms with Crippen LogP contribution >= 0.6 is 0 Å². The molecule has 0 atom stereocenters. The van der Waals surface area contributed by atoms with E-state index in [2.05, 4.69) is 15.1 Å². The fourth-order valence-electron chi connectivity index (χ4n) is 3.62. The zero-order valence-corrected chi connectivity index (χ0v) is 19.6. The molecule has 2 aromatic heterocycles. The molecule has 0 spiro atoms. The van der Waals surface area contributed by atoms with Gasteiger partial charge in [-0.05, 0) is 31.5 Å². The second kappa shape index (κ2) is 9.80. The topological polar surface area (TPSA) is 130 Å². The zero-order valence-electron chi connectivity index (χ0n) is 18.8. The number of aryl methyl sites for hydroxylation is 2. The summed E-state index contributed by atoms with van der Waals surface area (Å²) < 4.78 is 34.6. The Morgan fingerprint density at radius 3 is 2.62 bits per heavy atom. The van der Waals surface area contributed by atoms with Crippen molar-refractivity contribution in [2.24, 2.45) is 7.05 Å². The normalized spacial score (nSPS) is 12.1. The SMILES string of the molecule is CCCc1nn(C)c2c(=O)[nH]c(-c3cc(S(=O)(=O)N(CC)CCO)ccc3OCC)nc12. The number of likely N-dealkylation sites (N-methyl/N-ethyl adjacent to an activating group) is 1. The number of sulfonamides is 1. The number of fused-ring (bicyclic) bond motifs is 1. The Morgan fingerprint density at radius 1 is 1.25 bits per heavy atom. The lowest BCUT2D eigenvalue weighted by molar-refractivity contribution is 0.257. The van der Waals surface area contributed by atoms with Crippen LogP contribution in [0, 0.1) is 0 Å². The second-order valence-corrected chi connectivity index (χ2v) is 9.18. The van der Waals surface area contributed by atoms with Gasteiger partial charge in [-0.25, -0.2) is 13.4 Å².